The second-order valence-electron chi connectivity index (χ2n) is 7.44. The van der Waals surface area contributed by atoms with Crippen LogP contribution in [0.15, 0.2) is 48.5 Å². The van der Waals surface area contributed by atoms with Gasteiger partial charge in [-0.1, -0.05) is 36.4 Å². The van der Waals surface area contributed by atoms with E-state index in [2.05, 4.69) is 55.3 Å². The Hall–Kier alpha value is -2.75. The largest absolute Gasteiger partial charge is 0.494 e. The maximum atomic E-state index is 13.0. The van der Waals surface area contributed by atoms with Gasteiger partial charge in [0.1, 0.15) is 11.9 Å². The van der Waals surface area contributed by atoms with E-state index >= 15 is 0 Å². The number of hydrogen-bond donors (Lipinski definition) is 1. The van der Waals surface area contributed by atoms with E-state index < -0.39 is 0 Å². The maximum absolute atomic E-state index is 13.0. The first-order valence-corrected chi connectivity index (χ1v) is 9.08. The Kier molecular flexibility index (Phi) is 3.79. The molecule has 0 fully saturated rings. The molecule has 0 bridgehead atoms. The number of rotatable bonds is 3. The third-order valence-electron chi connectivity index (χ3n) is 5.14. The molecular weight excluding hydrogens is 324 g/mol. The number of carbonyl (C=O) groups is 1. The van der Waals surface area contributed by atoms with Crippen LogP contribution in [0.25, 0.3) is 5.57 Å². The van der Waals surface area contributed by atoms with Crippen LogP contribution in [0.3, 0.4) is 0 Å². The highest BCUT2D eigenvalue weighted by Gasteiger charge is 2.43. The third kappa shape index (κ3) is 2.48. The zero-order valence-electron chi connectivity index (χ0n) is 15.7. The van der Waals surface area contributed by atoms with E-state index in [0.29, 0.717) is 12.2 Å². The van der Waals surface area contributed by atoms with Crippen LogP contribution in [-0.4, -0.2) is 18.1 Å². The lowest BCUT2D eigenvalue weighted by Gasteiger charge is -2.51. The van der Waals surface area contributed by atoms with E-state index in [1.165, 1.54) is 5.57 Å². The minimum absolute atomic E-state index is 0.0570. The SMILES string of the molecule is CCOc1cc2c3c(c1)C(C)=CC(C)(C)N3C(c1ccccc1)NC2=O. The summed E-state index contributed by atoms with van der Waals surface area (Å²) in [6, 6.07) is 14.0. The Morgan fingerprint density at radius 2 is 1.85 bits per heavy atom. The van der Waals surface area contributed by atoms with Gasteiger partial charge in [0.05, 0.1) is 23.4 Å². The molecule has 1 amide bonds. The smallest absolute Gasteiger partial charge is 0.255 e. The van der Waals surface area contributed by atoms with Gasteiger partial charge in [0, 0.05) is 5.56 Å². The zero-order valence-corrected chi connectivity index (χ0v) is 15.7. The van der Waals surface area contributed by atoms with Crippen molar-refractivity contribution in [2.24, 2.45) is 0 Å². The first-order valence-electron chi connectivity index (χ1n) is 9.08. The molecule has 1 unspecified atom stereocenters. The number of anilines is 1. The zero-order chi connectivity index (χ0) is 18.5. The number of benzene rings is 2. The number of allylic oxidation sites excluding steroid dienone is 1. The summed E-state index contributed by atoms with van der Waals surface area (Å²) in [5.74, 6) is 0.681. The van der Waals surface area contributed by atoms with Crippen molar-refractivity contribution >= 4 is 17.2 Å². The summed E-state index contributed by atoms with van der Waals surface area (Å²) < 4.78 is 5.71. The topological polar surface area (TPSA) is 41.6 Å². The molecule has 26 heavy (non-hydrogen) atoms. The van der Waals surface area contributed by atoms with E-state index in [1.54, 1.807) is 0 Å². The molecule has 2 heterocycles. The fraction of sp³-hybridized carbons (Fsp3) is 0.318. The molecule has 0 aliphatic carbocycles. The molecule has 4 nitrogen and oxygen atoms in total. The number of nitrogens with one attached hydrogen (secondary N) is 1. The fourth-order valence-electron chi connectivity index (χ4n) is 4.15. The molecule has 0 saturated carbocycles. The monoisotopic (exact) mass is 348 g/mol. The van der Waals surface area contributed by atoms with Crippen LogP contribution in [0, 0.1) is 0 Å². The Balaban J connectivity index is 1.96. The van der Waals surface area contributed by atoms with Crippen LogP contribution in [0.5, 0.6) is 5.75 Å². The molecule has 0 radical (unpaired) electrons. The summed E-state index contributed by atoms with van der Waals surface area (Å²) in [6.07, 6.45) is 2.06. The van der Waals surface area contributed by atoms with E-state index in [-0.39, 0.29) is 17.6 Å². The molecule has 134 valence electrons. The molecule has 4 heteroatoms. The van der Waals surface area contributed by atoms with Crippen molar-refractivity contribution in [1.29, 1.82) is 0 Å². The predicted molar refractivity (Wildman–Crippen MR) is 104 cm³/mol. The van der Waals surface area contributed by atoms with Gasteiger partial charge in [-0.3, -0.25) is 4.79 Å². The number of ether oxygens (including phenoxy) is 1. The molecule has 2 aromatic carbocycles. The van der Waals surface area contributed by atoms with Crippen molar-refractivity contribution in [3.05, 3.63) is 65.2 Å². The van der Waals surface area contributed by atoms with E-state index in [1.807, 2.05) is 31.2 Å². The molecular formula is C22H24N2O2. The average molecular weight is 348 g/mol. The summed E-state index contributed by atoms with van der Waals surface area (Å²) in [5, 5.41) is 3.19. The first-order chi connectivity index (χ1) is 12.4. The lowest BCUT2D eigenvalue weighted by Crippen LogP contribution is -2.56. The van der Waals surface area contributed by atoms with Crippen LogP contribution in [-0.2, 0) is 0 Å². The highest BCUT2D eigenvalue weighted by molar-refractivity contribution is 6.06. The second kappa shape index (κ2) is 5.90. The van der Waals surface area contributed by atoms with Gasteiger partial charge in [-0.15, -0.1) is 0 Å². The summed E-state index contributed by atoms with van der Waals surface area (Å²) in [4.78, 5) is 15.3. The molecule has 4 rings (SSSR count). The van der Waals surface area contributed by atoms with Crippen molar-refractivity contribution in [1.82, 2.24) is 5.32 Å². The normalized spacial score (nSPS) is 20.2. The Bertz CT molecular complexity index is 900. The van der Waals surface area contributed by atoms with Crippen LogP contribution in [0.1, 0.15) is 55.3 Å². The summed E-state index contributed by atoms with van der Waals surface area (Å²) in [6.45, 7) is 9.01. The number of nitrogens with zero attached hydrogens (tertiary/aromatic N) is 1. The Morgan fingerprint density at radius 1 is 1.15 bits per heavy atom. The van der Waals surface area contributed by atoms with Crippen LogP contribution >= 0.6 is 0 Å². The number of amides is 1. The lowest BCUT2D eigenvalue weighted by molar-refractivity contribution is 0.0921. The fourth-order valence-corrected chi connectivity index (χ4v) is 4.15. The maximum Gasteiger partial charge on any atom is 0.255 e. The quantitative estimate of drug-likeness (QED) is 0.886. The number of hydrogen-bond acceptors (Lipinski definition) is 3. The summed E-state index contributed by atoms with van der Waals surface area (Å²) in [5.41, 5.74) is 4.77. The first kappa shape index (κ1) is 16.7. The third-order valence-corrected chi connectivity index (χ3v) is 5.14. The Labute approximate surface area is 154 Å². The predicted octanol–water partition coefficient (Wildman–Crippen LogP) is 4.53. The standard InChI is InChI=1S/C22H24N2O2/c1-5-26-16-11-17-14(2)13-22(3,4)24-19(17)18(12-16)21(25)23-20(24)15-9-7-6-8-10-15/h6-13,20H,5H2,1-4H3,(H,23,25). The van der Waals surface area contributed by atoms with Gasteiger partial charge >= 0.3 is 0 Å². The van der Waals surface area contributed by atoms with Crippen molar-refractivity contribution in [2.75, 3.05) is 11.5 Å². The van der Waals surface area contributed by atoms with Gasteiger partial charge in [-0.25, -0.2) is 0 Å². The molecule has 2 aliphatic heterocycles. The van der Waals surface area contributed by atoms with Gasteiger partial charge in [0.15, 0.2) is 0 Å². The van der Waals surface area contributed by atoms with Gasteiger partial charge in [-0.2, -0.15) is 0 Å². The van der Waals surface area contributed by atoms with E-state index in [0.717, 1.165) is 22.6 Å². The van der Waals surface area contributed by atoms with Crippen molar-refractivity contribution in [2.45, 2.75) is 39.4 Å². The van der Waals surface area contributed by atoms with Crippen LogP contribution in [0.4, 0.5) is 5.69 Å². The minimum atomic E-state index is -0.229. The minimum Gasteiger partial charge on any atom is -0.494 e. The molecule has 1 N–H and O–H groups in total. The molecule has 1 atom stereocenters. The summed E-state index contributed by atoms with van der Waals surface area (Å²) >= 11 is 0. The highest BCUT2D eigenvalue weighted by atomic mass is 16.5. The lowest BCUT2D eigenvalue weighted by atomic mass is 9.84. The molecule has 2 aromatic rings. The molecule has 0 saturated heterocycles. The van der Waals surface area contributed by atoms with Crippen LogP contribution in [0.2, 0.25) is 0 Å². The van der Waals surface area contributed by atoms with Gasteiger partial charge in [0.2, 0.25) is 0 Å². The van der Waals surface area contributed by atoms with E-state index in [4.69, 9.17) is 4.74 Å². The number of carbonyl (C=O) groups excluding carboxylic acids is 1. The van der Waals surface area contributed by atoms with Crippen molar-refractivity contribution < 1.29 is 9.53 Å². The Morgan fingerprint density at radius 3 is 2.54 bits per heavy atom. The molecule has 2 aliphatic rings. The average Bonchev–Trinajstić information content (AvgIpc) is 2.61. The van der Waals surface area contributed by atoms with Gasteiger partial charge in [0.25, 0.3) is 5.91 Å². The van der Waals surface area contributed by atoms with Gasteiger partial charge < -0.3 is 15.0 Å². The molecule has 0 spiro atoms. The molecule has 0 aromatic heterocycles. The summed E-state index contributed by atoms with van der Waals surface area (Å²) in [7, 11) is 0. The van der Waals surface area contributed by atoms with Crippen molar-refractivity contribution in [3.8, 4) is 5.75 Å². The van der Waals surface area contributed by atoms with Crippen LogP contribution < -0.4 is 15.0 Å². The van der Waals surface area contributed by atoms with Gasteiger partial charge in [-0.05, 0) is 51.0 Å². The van der Waals surface area contributed by atoms with Crippen molar-refractivity contribution in [3.63, 3.8) is 0 Å². The van der Waals surface area contributed by atoms with E-state index in [9.17, 15) is 4.79 Å². The highest BCUT2D eigenvalue weighted by Crippen LogP contribution is 2.48. The second-order valence-corrected chi connectivity index (χ2v) is 7.44.